The molecule has 0 unspecified atom stereocenters. The number of carboxylic acids is 1. The molecule has 0 aromatic rings. The van der Waals surface area contributed by atoms with E-state index in [0.29, 0.717) is 10.3 Å². The summed E-state index contributed by atoms with van der Waals surface area (Å²) >= 11 is 2.28. The van der Waals surface area contributed by atoms with Gasteiger partial charge in [-0.25, -0.2) is 0 Å². The fourth-order valence-corrected chi connectivity index (χ4v) is 0.796. The minimum absolute atomic E-state index is 0.307. The van der Waals surface area contributed by atoms with Gasteiger partial charge in [-0.15, -0.1) is 0 Å². The second kappa shape index (κ2) is 5.02. The van der Waals surface area contributed by atoms with Crippen LogP contribution in [0.5, 0.6) is 0 Å². The number of aliphatic carboxylic acids is 1. The van der Waals surface area contributed by atoms with Crippen LogP contribution in [0.3, 0.4) is 0 Å². The Hall–Kier alpha value is 0.200. The number of halogens is 1. The van der Waals surface area contributed by atoms with Crippen molar-refractivity contribution in [2.75, 3.05) is 0 Å². The molecular formula is C6H11IO2. The Morgan fingerprint density at radius 3 is 2.67 bits per heavy atom. The van der Waals surface area contributed by atoms with Gasteiger partial charge in [0.15, 0.2) is 0 Å². The summed E-state index contributed by atoms with van der Waals surface area (Å²) in [6.45, 7) is 2.07. The quantitative estimate of drug-likeness (QED) is 0.605. The van der Waals surface area contributed by atoms with E-state index in [4.69, 9.17) is 5.11 Å². The molecule has 0 saturated heterocycles. The highest BCUT2D eigenvalue weighted by Gasteiger charge is 2.02. The van der Waals surface area contributed by atoms with E-state index in [1.54, 1.807) is 0 Å². The third kappa shape index (κ3) is 6.08. The molecule has 3 heteroatoms. The third-order valence-corrected chi connectivity index (χ3v) is 2.62. The Kier molecular flexibility index (Phi) is 5.13. The molecule has 0 aliphatic carbocycles. The first-order valence-electron chi connectivity index (χ1n) is 3.02. The second-order valence-electron chi connectivity index (χ2n) is 1.94. The maximum Gasteiger partial charge on any atom is 0.303 e. The van der Waals surface area contributed by atoms with Crippen molar-refractivity contribution in [1.29, 1.82) is 0 Å². The van der Waals surface area contributed by atoms with Crippen molar-refractivity contribution in [2.24, 2.45) is 0 Å². The van der Waals surface area contributed by atoms with Crippen LogP contribution < -0.4 is 0 Å². The summed E-state index contributed by atoms with van der Waals surface area (Å²) in [5.74, 6) is -0.690. The van der Waals surface area contributed by atoms with Crippen LogP contribution in [-0.2, 0) is 4.79 Å². The van der Waals surface area contributed by atoms with Gasteiger partial charge in [0.05, 0.1) is 0 Å². The lowest BCUT2D eigenvalue weighted by Crippen LogP contribution is -2.01. The minimum Gasteiger partial charge on any atom is -0.481 e. The first-order chi connectivity index (χ1) is 4.16. The zero-order chi connectivity index (χ0) is 7.28. The highest BCUT2D eigenvalue weighted by atomic mass is 127. The SMILES string of the molecule is CC[C@@H](I)CCC(=O)O. The lowest BCUT2D eigenvalue weighted by Gasteiger charge is -2.01. The summed E-state index contributed by atoms with van der Waals surface area (Å²) in [5, 5.41) is 8.25. The van der Waals surface area contributed by atoms with Crippen LogP contribution in [0.4, 0.5) is 0 Å². The van der Waals surface area contributed by atoms with Crippen molar-refractivity contribution in [2.45, 2.75) is 30.1 Å². The number of alkyl halides is 1. The van der Waals surface area contributed by atoms with Gasteiger partial charge in [0.25, 0.3) is 0 Å². The molecule has 9 heavy (non-hydrogen) atoms. The third-order valence-electron chi connectivity index (χ3n) is 1.11. The number of hydrogen-bond acceptors (Lipinski definition) is 1. The molecule has 0 aliphatic heterocycles. The van der Waals surface area contributed by atoms with E-state index in [9.17, 15) is 4.79 Å². The van der Waals surface area contributed by atoms with Crippen molar-refractivity contribution in [3.8, 4) is 0 Å². The van der Waals surface area contributed by atoms with Gasteiger partial charge in [0.2, 0.25) is 0 Å². The average Bonchev–Trinajstić information content (AvgIpc) is 1.83. The standard InChI is InChI=1S/C6H11IO2/c1-2-5(7)3-4-6(8)9/h5H,2-4H2,1H3,(H,8,9)/t5-/m1/s1. The molecule has 2 nitrogen and oxygen atoms in total. The van der Waals surface area contributed by atoms with E-state index >= 15 is 0 Å². The Labute approximate surface area is 68.8 Å². The van der Waals surface area contributed by atoms with Crippen molar-refractivity contribution in [3.05, 3.63) is 0 Å². The number of hydrogen-bond donors (Lipinski definition) is 1. The smallest absolute Gasteiger partial charge is 0.303 e. The number of carboxylic acid groups (broad SMARTS) is 1. The molecule has 0 heterocycles. The van der Waals surface area contributed by atoms with Gasteiger partial charge in [-0.2, -0.15) is 0 Å². The minimum atomic E-state index is -0.690. The predicted octanol–water partition coefficient (Wildman–Crippen LogP) is 2.06. The summed E-state index contributed by atoms with van der Waals surface area (Å²) in [7, 11) is 0. The lowest BCUT2D eigenvalue weighted by molar-refractivity contribution is -0.137. The lowest BCUT2D eigenvalue weighted by atomic mass is 10.2. The Morgan fingerprint density at radius 1 is 1.78 bits per heavy atom. The fraction of sp³-hybridized carbons (Fsp3) is 0.833. The van der Waals surface area contributed by atoms with Gasteiger partial charge in [-0.1, -0.05) is 29.5 Å². The van der Waals surface area contributed by atoms with Crippen molar-refractivity contribution in [1.82, 2.24) is 0 Å². The first-order valence-corrected chi connectivity index (χ1v) is 4.27. The molecule has 0 aromatic carbocycles. The predicted molar refractivity (Wildman–Crippen MR) is 45.0 cm³/mol. The van der Waals surface area contributed by atoms with Crippen LogP contribution in [0.15, 0.2) is 0 Å². The van der Waals surface area contributed by atoms with Crippen LogP contribution in [-0.4, -0.2) is 15.0 Å². The van der Waals surface area contributed by atoms with Crippen LogP contribution in [0.2, 0.25) is 0 Å². The van der Waals surface area contributed by atoms with Crippen LogP contribution in [0.25, 0.3) is 0 Å². The van der Waals surface area contributed by atoms with Crippen molar-refractivity contribution in [3.63, 3.8) is 0 Å². The van der Waals surface area contributed by atoms with Gasteiger partial charge in [0.1, 0.15) is 0 Å². The van der Waals surface area contributed by atoms with Gasteiger partial charge < -0.3 is 5.11 Å². The van der Waals surface area contributed by atoms with Crippen LogP contribution >= 0.6 is 22.6 Å². The highest BCUT2D eigenvalue weighted by molar-refractivity contribution is 14.1. The normalized spacial score (nSPS) is 13.1. The van der Waals surface area contributed by atoms with E-state index in [0.717, 1.165) is 12.8 Å². The van der Waals surface area contributed by atoms with Crippen molar-refractivity contribution < 1.29 is 9.90 Å². The maximum atomic E-state index is 10.0. The van der Waals surface area contributed by atoms with Crippen LogP contribution in [0, 0.1) is 0 Å². The van der Waals surface area contributed by atoms with Crippen LogP contribution in [0.1, 0.15) is 26.2 Å². The van der Waals surface area contributed by atoms with Gasteiger partial charge >= 0.3 is 5.97 Å². The molecule has 0 rings (SSSR count). The molecule has 0 spiro atoms. The molecule has 0 amide bonds. The van der Waals surface area contributed by atoms with E-state index < -0.39 is 5.97 Å². The first kappa shape index (κ1) is 9.20. The topological polar surface area (TPSA) is 37.3 Å². The molecule has 1 N–H and O–H groups in total. The molecule has 0 saturated carbocycles. The van der Waals surface area contributed by atoms with E-state index in [-0.39, 0.29) is 0 Å². The molecule has 0 bridgehead atoms. The Morgan fingerprint density at radius 2 is 2.33 bits per heavy atom. The van der Waals surface area contributed by atoms with Crippen molar-refractivity contribution >= 4 is 28.6 Å². The average molecular weight is 242 g/mol. The molecule has 0 aromatic heterocycles. The summed E-state index contributed by atoms with van der Waals surface area (Å²) in [6.07, 6.45) is 2.17. The molecular weight excluding hydrogens is 231 g/mol. The summed E-state index contributed by atoms with van der Waals surface area (Å²) in [5.41, 5.74) is 0. The molecule has 54 valence electrons. The zero-order valence-electron chi connectivity index (χ0n) is 5.43. The van der Waals surface area contributed by atoms with Gasteiger partial charge in [-0.05, 0) is 12.8 Å². The monoisotopic (exact) mass is 242 g/mol. The Balaban J connectivity index is 3.16. The summed E-state index contributed by atoms with van der Waals surface area (Å²) < 4.78 is 0.527. The van der Waals surface area contributed by atoms with Gasteiger partial charge in [-0.3, -0.25) is 4.79 Å². The van der Waals surface area contributed by atoms with E-state index in [2.05, 4.69) is 29.5 Å². The van der Waals surface area contributed by atoms with E-state index in [1.165, 1.54) is 0 Å². The zero-order valence-corrected chi connectivity index (χ0v) is 7.59. The molecule has 0 aliphatic rings. The fourth-order valence-electron chi connectivity index (χ4n) is 0.484. The Bertz CT molecular complexity index is 93.1. The maximum absolute atomic E-state index is 10.0. The summed E-state index contributed by atoms with van der Waals surface area (Å²) in [4.78, 5) is 10.0. The number of carbonyl (C=O) groups is 1. The van der Waals surface area contributed by atoms with Gasteiger partial charge in [0, 0.05) is 10.3 Å². The summed E-state index contributed by atoms with van der Waals surface area (Å²) in [6, 6.07) is 0. The largest absolute Gasteiger partial charge is 0.481 e. The van der Waals surface area contributed by atoms with E-state index in [1.807, 2.05) is 0 Å². The molecule has 0 fully saturated rings. The number of rotatable bonds is 4. The molecule has 0 radical (unpaired) electrons. The molecule has 1 atom stereocenters. The highest BCUT2D eigenvalue weighted by Crippen LogP contribution is 2.11. The second-order valence-corrected chi connectivity index (χ2v) is 3.70.